The Balaban J connectivity index is 2.23. The standard InChI is InChI=1S/C31H54O3Si2/c1-12-16-26-27(29(23-28(26)32)34-36(10,11)31(5,6)7)22-21-25(33-35(8,9)30(2,3)4)20-19-24-17-14-13-15-18-24/h12-15,17-18,25-27,29H,1,16,19-23H2,2-11H3/t25-,26+,27+,29?/m0/s1. The molecule has 1 aliphatic carbocycles. The maximum Gasteiger partial charge on any atom is 0.192 e. The summed E-state index contributed by atoms with van der Waals surface area (Å²) < 4.78 is 13.9. The molecule has 1 unspecified atom stereocenters. The Morgan fingerprint density at radius 1 is 0.972 bits per heavy atom. The number of allylic oxidation sites excluding steroid dienone is 1. The molecule has 0 heterocycles. The van der Waals surface area contributed by atoms with E-state index in [2.05, 4.69) is 105 Å². The zero-order valence-corrected chi connectivity index (χ0v) is 26.9. The molecule has 0 radical (unpaired) electrons. The van der Waals surface area contributed by atoms with E-state index in [0.717, 1.165) is 32.1 Å². The fourth-order valence-corrected chi connectivity index (χ4v) is 7.55. The summed E-state index contributed by atoms with van der Waals surface area (Å²) in [6, 6.07) is 10.7. The van der Waals surface area contributed by atoms with Crippen molar-refractivity contribution in [3.8, 4) is 0 Å². The second-order valence-electron chi connectivity index (χ2n) is 14.0. The second-order valence-corrected chi connectivity index (χ2v) is 23.5. The number of ketones is 1. The Hall–Kier alpha value is -1.02. The molecular formula is C31H54O3Si2. The van der Waals surface area contributed by atoms with Gasteiger partial charge >= 0.3 is 0 Å². The lowest BCUT2D eigenvalue weighted by atomic mass is 9.86. The van der Waals surface area contributed by atoms with Crippen LogP contribution in [0.1, 0.15) is 79.2 Å². The summed E-state index contributed by atoms with van der Waals surface area (Å²) in [4.78, 5) is 13.1. The highest BCUT2D eigenvalue weighted by Crippen LogP contribution is 2.44. The molecule has 1 fully saturated rings. The number of hydrogen-bond donors (Lipinski definition) is 0. The van der Waals surface area contributed by atoms with Crippen LogP contribution in [-0.2, 0) is 20.1 Å². The van der Waals surface area contributed by atoms with Crippen LogP contribution in [0.15, 0.2) is 43.0 Å². The highest BCUT2D eigenvalue weighted by molar-refractivity contribution is 6.74. The van der Waals surface area contributed by atoms with Gasteiger partial charge in [0.1, 0.15) is 5.78 Å². The van der Waals surface area contributed by atoms with Crippen LogP contribution in [0, 0.1) is 11.8 Å². The first-order chi connectivity index (χ1) is 16.5. The van der Waals surface area contributed by atoms with Gasteiger partial charge in [-0.3, -0.25) is 4.79 Å². The molecule has 0 aliphatic heterocycles. The van der Waals surface area contributed by atoms with E-state index in [4.69, 9.17) is 8.85 Å². The van der Waals surface area contributed by atoms with Gasteiger partial charge in [-0.25, -0.2) is 0 Å². The van der Waals surface area contributed by atoms with Gasteiger partial charge in [-0.05, 0) is 79.9 Å². The SMILES string of the molecule is C=CC[C@H]1C(=O)CC(O[Si](C)(C)C(C)(C)C)[C@@H]1CC[C@H](CCc1ccccc1)O[Si](C)(C)C(C)(C)C. The Bertz CT molecular complexity index is 849. The lowest BCUT2D eigenvalue weighted by Crippen LogP contribution is -2.45. The summed E-state index contributed by atoms with van der Waals surface area (Å²) in [6.07, 6.45) is 7.40. The van der Waals surface area contributed by atoms with E-state index in [1.807, 2.05) is 6.08 Å². The normalized spacial score (nSPS) is 22.6. The topological polar surface area (TPSA) is 35.5 Å². The third-order valence-electron chi connectivity index (χ3n) is 9.17. The van der Waals surface area contributed by atoms with Gasteiger partial charge < -0.3 is 8.85 Å². The predicted octanol–water partition coefficient (Wildman–Crippen LogP) is 8.96. The van der Waals surface area contributed by atoms with Gasteiger partial charge in [0.25, 0.3) is 0 Å². The van der Waals surface area contributed by atoms with Crippen molar-refractivity contribution in [2.24, 2.45) is 11.8 Å². The van der Waals surface area contributed by atoms with Gasteiger partial charge in [0.2, 0.25) is 0 Å². The minimum Gasteiger partial charge on any atom is -0.414 e. The highest BCUT2D eigenvalue weighted by atomic mass is 28.4. The molecule has 1 saturated carbocycles. The Labute approximate surface area is 224 Å². The largest absolute Gasteiger partial charge is 0.414 e. The lowest BCUT2D eigenvalue weighted by molar-refractivity contribution is -0.121. The van der Waals surface area contributed by atoms with Crippen LogP contribution in [0.3, 0.4) is 0 Å². The maximum atomic E-state index is 13.1. The van der Waals surface area contributed by atoms with Crippen LogP contribution < -0.4 is 0 Å². The van der Waals surface area contributed by atoms with Crippen LogP contribution in [0.4, 0.5) is 0 Å². The fraction of sp³-hybridized carbons (Fsp3) is 0.710. The third-order valence-corrected chi connectivity index (χ3v) is 18.2. The van der Waals surface area contributed by atoms with Crippen LogP contribution in [0.25, 0.3) is 0 Å². The highest BCUT2D eigenvalue weighted by Gasteiger charge is 2.47. The molecule has 36 heavy (non-hydrogen) atoms. The zero-order chi connectivity index (χ0) is 27.4. The Morgan fingerprint density at radius 3 is 2.08 bits per heavy atom. The summed E-state index contributed by atoms with van der Waals surface area (Å²) >= 11 is 0. The Kier molecular flexibility index (Phi) is 10.6. The van der Waals surface area contributed by atoms with Crippen molar-refractivity contribution in [1.82, 2.24) is 0 Å². The number of carbonyl (C=O) groups excluding carboxylic acids is 1. The van der Waals surface area contributed by atoms with Crippen molar-refractivity contribution < 1.29 is 13.6 Å². The van der Waals surface area contributed by atoms with Crippen LogP contribution in [-0.4, -0.2) is 34.6 Å². The zero-order valence-electron chi connectivity index (χ0n) is 24.9. The molecule has 1 aromatic carbocycles. The fourth-order valence-electron chi connectivity index (χ4n) is 4.76. The van der Waals surface area contributed by atoms with Gasteiger partial charge in [-0.15, -0.1) is 6.58 Å². The average Bonchev–Trinajstić information content (AvgIpc) is 3.02. The van der Waals surface area contributed by atoms with Crippen molar-refractivity contribution in [3.05, 3.63) is 48.6 Å². The van der Waals surface area contributed by atoms with Crippen LogP contribution in [0.2, 0.25) is 36.3 Å². The van der Waals surface area contributed by atoms with Crippen LogP contribution in [0.5, 0.6) is 0 Å². The first-order valence-electron chi connectivity index (χ1n) is 14.0. The molecule has 2 rings (SSSR count). The molecule has 204 valence electrons. The van der Waals surface area contributed by atoms with E-state index >= 15 is 0 Å². The molecule has 5 heteroatoms. The van der Waals surface area contributed by atoms with E-state index in [-0.39, 0.29) is 34.1 Å². The molecule has 0 spiro atoms. The molecule has 0 N–H and O–H groups in total. The van der Waals surface area contributed by atoms with Crippen LogP contribution >= 0.6 is 0 Å². The van der Waals surface area contributed by atoms with Gasteiger partial charge in [0.05, 0.1) is 6.10 Å². The molecule has 3 nitrogen and oxygen atoms in total. The van der Waals surface area contributed by atoms with E-state index in [9.17, 15) is 4.79 Å². The molecule has 1 aliphatic rings. The first-order valence-corrected chi connectivity index (χ1v) is 19.8. The van der Waals surface area contributed by atoms with E-state index in [1.165, 1.54) is 5.56 Å². The molecular weight excluding hydrogens is 477 g/mol. The van der Waals surface area contributed by atoms with Crippen molar-refractivity contribution in [2.45, 2.75) is 129 Å². The minimum absolute atomic E-state index is 0.0194. The summed E-state index contributed by atoms with van der Waals surface area (Å²) in [6.45, 7) is 27.0. The van der Waals surface area contributed by atoms with Gasteiger partial charge in [-0.1, -0.05) is 78.0 Å². The average molecular weight is 531 g/mol. The number of aryl methyl sites for hydroxylation is 1. The van der Waals surface area contributed by atoms with E-state index in [0.29, 0.717) is 12.2 Å². The number of hydrogen-bond acceptors (Lipinski definition) is 3. The number of Topliss-reactive ketones (excluding diaryl/α,β-unsaturated/α-hetero) is 1. The van der Waals surface area contributed by atoms with E-state index < -0.39 is 16.6 Å². The first kappa shape index (κ1) is 31.2. The smallest absolute Gasteiger partial charge is 0.192 e. The Morgan fingerprint density at radius 2 is 1.56 bits per heavy atom. The summed E-state index contributed by atoms with van der Waals surface area (Å²) in [5.74, 6) is 0.626. The maximum absolute atomic E-state index is 13.1. The minimum atomic E-state index is -1.97. The number of benzene rings is 1. The van der Waals surface area contributed by atoms with Crippen molar-refractivity contribution >= 4 is 22.4 Å². The molecule has 1 aromatic rings. The molecule has 0 aromatic heterocycles. The molecule has 0 bridgehead atoms. The lowest BCUT2D eigenvalue weighted by Gasteiger charge is -2.41. The molecule has 4 atom stereocenters. The third kappa shape index (κ3) is 8.24. The summed E-state index contributed by atoms with van der Waals surface area (Å²) in [5.41, 5.74) is 1.36. The van der Waals surface area contributed by atoms with Gasteiger partial charge in [0, 0.05) is 18.4 Å². The van der Waals surface area contributed by atoms with Crippen molar-refractivity contribution in [2.75, 3.05) is 0 Å². The molecule has 0 saturated heterocycles. The van der Waals surface area contributed by atoms with Crippen molar-refractivity contribution in [1.29, 1.82) is 0 Å². The number of rotatable bonds is 12. The van der Waals surface area contributed by atoms with Crippen molar-refractivity contribution in [3.63, 3.8) is 0 Å². The monoisotopic (exact) mass is 530 g/mol. The predicted molar refractivity (Wildman–Crippen MR) is 160 cm³/mol. The molecule has 0 amide bonds. The van der Waals surface area contributed by atoms with Gasteiger partial charge in [0.15, 0.2) is 16.6 Å². The van der Waals surface area contributed by atoms with Gasteiger partial charge in [-0.2, -0.15) is 0 Å². The summed E-state index contributed by atoms with van der Waals surface area (Å²) in [5, 5.41) is 0.293. The second kappa shape index (κ2) is 12.2. The quantitative estimate of drug-likeness (QED) is 0.200. The number of carbonyl (C=O) groups is 1. The summed E-state index contributed by atoms with van der Waals surface area (Å²) in [7, 11) is -3.89. The van der Waals surface area contributed by atoms with E-state index in [1.54, 1.807) is 0 Å².